The molecule has 0 amide bonds. The molecule has 1 aliphatic carbocycles. The fraction of sp³-hybridized carbons (Fsp3) is 0.385. The van der Waals surface area contributed by atoms with Gasteiger partial charge in [0.1, 0.15) is 17.7 Å². The number of imidazole rings is 1. The van der Waals surface area contributed by atoms with E-state index in [0.717, 1.165) is 16.7 Å². The summed E-state index contributed by atoms with van der Waals surface area (Å²) in [6.07, 6.45) is 2.98. The van der Waals surface area contributed by atoms with Crippen LogP contribution < -0.4 is 0 Å². The van der Waals surface area contributed by atoms with E-state index in [-0.39, 0.29) is 6.61 Å². The Morgan fingerprint density at radius 1 is 1.32 bits per heavy atom. The Hall–Kier alpha value is -1.76. The summed E-state index contributed by atoms with van der Waals surface area (Å²) in [7, 11) is 0. The van der Waals surface area contributed by atoms with E-state index in [1.54, 1.807) is 23.2 Å². The lowest BCUT2D eigenvalue weighted by Crippen LogP contribution is -2.29. The molecule has 3 N–H and O–H groups in total. The van der Waals surface area contributed by atoms with Crippen molar-refractivity contribution in [3.63, 3.8) is 0 Å². The van der Waals surface area contributed by atoms with E-state index in [4.69, 9.17) is 5.11 Å². The molecule has 3 rings (SSSR count). The van der Waals surface area contributed by atoms with Crippen molar-refractivity contribution in [3.05, 3.63) is 35.9 Å². The third-order valence-electron chi connectivity index (χ3n) is 3.62. The first kappa shape index (κ1) is 12.3. The van der Waals surface area contributed by atoms with Crippen molar-refractivity contribution in [2.45, 2.75) is 25.2 Å². The fourth-order valence-corrected chi connectivity index (χ4v) is 2.55. The van der Waals surface area contributed by atoms with E-state index in [0.29, 0.717) is 5.57 Å². The highest BCUT2D eigenvalue weighted by Gasteiger charge is 2.35. The van der Waals surface area contributed by atoms with Gasteiger partial charge >= 0.3 is 0 Å². The van der Waals surface area contributed by atoms with Crippen LogP contribution in [0.1, 0.15) is 11.7 Å². The molecule has 6 nitrogen and oxygen atoms in total. The molecule has 0 fully saturated rings. The van der Waals surface area contributed by atoms with Gasteiger partial charge in [-0.25, -0.2) is 4.98 Å². The Bertz CT molecular complexity index is 650. The van der Waals surface area contributed by atoms with E-state index < -0.39 is 18.2 Å². The van der Waals surface area contributed by atoms with Gasteiger partial charge in [0.15, 0.2) is 0 Å². The van der Waals surface area contributed by atoms with Crippen LogP contribution in [-0.4, -0.2) is 48.7 Å². The molecule has 0 aromatic carbocycles. The fourth-order valence-electron chi connectivity index (χ4n) is 2.55. The maximum Gasteiger partial charge on any atom is 0.110 e. The van der Waals surface area contributed by atoms with Gasteiger partial charge in [0.05, 0.1) is 30.2 Å². The van der Waals surface area contributed by atoms with Crippen molar-refractivity contribution < 1.29 is 15.3 Å². The van der Waals surface area contributed by atoms with Crippen molar-refractivity contribution in [1.82, 2.24) is 14.5 Å². The van der Waals surface area contributed by atoms with Crippen LogP contribution in [0.2, 0.25) is 0 Å². The summed E-state index contributed by atoms with van der Waals surface area (Å²) in [5.41, 5.74) is 2.87. The maximum atomic E-state index is 10.1. The van der Waals surface area contributed by atoms with Gasteiger partial charge in [0, 0.05) is 6.20 Å². The molecule has 0 saturated heterocycles. The Balaban J connectivity index is 2.11. The summed E-state index contributed by atoms with van der Waals surface area (Å²) in [5.74, 6) is 0. The first-order chi connectivity index (χ1) is 9.13. The molecule has 0 saturated carbocycles. The number of hydrogen-bond donors (Lipinski definition) is 3. The van der Waals surface area contributed by atoms with Crippen molar-refractivity contribution in [2.24, 2.45) is 0 Å². The van der Waals surface area contributed by atoms with E-state index in [1.807, 2.05) is 13.0 Å². The lowest BCUT2D eigenvalue weighted by Gasteiger charge is -2.19. The van der Waals surface area contributed by atoms with Gasteiger partial charge in [-0.05, 0) is 18.6 Å². The molecular formula is C13H15N3O3. The Morgan fingerprint density at radius 3 is 2.79 bits per heavy atom. The molecule has 0 radical (unpaired) electrons. The third kappa shape index (κ3) is 1.76. The number of rotatable bonds is 2. The number of aliphatic hydroxyl groups excluding tert-OH is 3. The highest BCUT2D eigenvalue weighted by Crippen LogP contribution is 2.31. The molecule has 6 heteroatoms. The lowest BCUT2D eigenvalue weighted by atomic mass is 10.1. The van der Waals surface area contributed by atoms with Crippen LogP contribution >= 0.6 is 0 Å². The van der Waals surface area contributed by atoms with E-state index in [2.05, 4.69) is 9.97 Å². The zero-order valence-corrected chi connectivity index (χ0v) is 10.4. The minimum atomic E-state index is -1.03. The van der Waals surface area contributed by atoms with E-state index in [9.17, 15) is 10.2 Å². The number of nitrogens with zero attached hydrogens (tertiary/aromatic N) is 3. The quantitative estimate of drug-likeness (QED) is 0.658. The SMILES string of the molecule is Cc1nccc2c1ncn2[C@@H]1C=C(CO)[C@@H](O)[C@H]1O. The summed E-state index contributed by atoms with van der Waals surface area (Å²) < 4.78 is 1.79. The molecule has 0 aliphatic heterocycles. The maximum absolute atomic E-state index is 10.1. The summed E-state index contributed by atoms with van der Waals surface area (Å²) >= 11 is 0. The van der Waals surface area contributed by atoms with Crippen molar-refractivity contribution >= 4 is 11.0 Å². The summed E-state index contributed by atoms with van der Waals surface area (Å²) in [6.45, 7) is 1.61. The van der Waals surface area contributed by atoms with Gasteiger partial charge in [0.25, 0.3) is 0 Å². The zero-order chi connectivity index (χ0) is 13.6. The second kappa shape index (κ2) is 4.41. The van der Waals surface area contributed by atoms with Crippen LogP contribution in [0, 0.1) is 6.92 Å². The predicted molar refractivity (Wildman–Crippen MR) is 68.5 cm³/mol. The summed E-state index contributed by atoms with van der Waals surface area (Å²) in [5, 5.41) is 29.1. The largest absolute Gasteiger partial charge is 0.392 e. The van der Waals surface area contributed by atoms with Gasteiger partial charge in [-0.3, -0.25) is 4.98 Å². The molecule has 1 aliphatic rings. The number of fused-ring (bicyclic) bond motifs is 1. The zero-order valence-electron chi connectivity index (χ0n) is 10.4. The standard InChI is InChI=1S/C13H15N3O3/c1-7-11-9(2-3-14-7)16(6-15-11)10-4-8(5-17)12(18)13(10)19/h2-4,6,10,12-13,17-19H,5H2,1H3/t10-,12-,13+/m1/s1. The molecule has 3 atom stereocenters. The van der Waals surface area contributed by atoms with Crippen LogP contribution in [0.15, 0.2) is 30.2 Å². The first-order valence-corrected chi connectivity index (χ1v) is 6.09. The topological polar surface area (TPSA) is 91.4 Å². The number of pyridine rings is 1. The second-order valence-corrected chi connectivity index (χ2v) is 4.74. The van der Waals surface area contributed by atoms with Crippen LogP contribution in [-0.2, 0) is 0 Å². The Labute approximate surface area is 109 Å². The van der Waals surface area contributed by atoms with Crippen molar-refractivity contribution in [3.8, 4) is 0 Å². The van der Waals surface area contributed by atoms with Crippen molar-refractivity contribution in [1.29, 1.82) is 0 Å². The highest BCUT2D eigenvalue weighted by atomic mass is 16.3. The van der Waals surface area contributed by atoms with Crippen LogP contribution in [0.4, 0.5) is 0 Å². The molecule has 0 bridgehead atoms. The molecule has 0 spiro atoms. The molecule has 2 aromatic heterocycles. The minimum Gasteiger partial charge on any atom is -0.392 e. The number of aryl methyl sites for hydroxylation is 1. The summed E-state index contributed by atoms with van der Waals surface area (Å²) in [4.78, 5) is 8.46. The van der Waals surface area contributed by atoms with Crippen LogP contribution in [0.25, 0.3) is 11.0 Å². The number of aliphatic hydroxyl groups is 3. The van der Waals surface area contributed by atoms with Crippen molar-refractivity contribution in [2.75, 3.05) is 6.61 Å². The van der Waals surface area contributed by atoms with Gasteiger partial charge in [-0.15, -0.1) is 0 Å². The van der Waals surface area contributed by atoms with Gasteiger partial charge in [0.2, 0.25) is 0 Å². The normalized spacial score (nSPS) is 26.9. The van der Waals surface area contributed by atoms with Gasteiger partial charge < -0.3 is 19.9 Å². The molecule has 0 unspecified atom stereocenters. The lowest BCUT2D eigenvalue weighted by molar-refractivity contribution is 0.0288. The molecule has 2 heterocycles. The Kier molecular flexibility index (Phi) is 2.85. The van der Waals surface area contributed by atoms with E-state index >= 15 is 0 Å². The van der Waals surface area contributed by atoms with Gasteiger partial charge in [-0.2, -0.15) is 0 Å². The molecular weight excluding hydrogens is 246 g/mol. The van der Waals surface area contributed by atoms with Gasteiger partial charge in [-0.1, -0.05) is 6.08 Å². The average Bonchev–Trinajstić information content (AvgIpc) is 2.94. The van der Waals surface area contributed by atoms with E-state index in [1.165, 1.54) is 0 Å². The Morgan fingerprint density at radius 2 is 2.11 bits per heavy atom. The highest BCUT2D eigenvalue weighted by molar-refractivity contribution is 5.77. The monoisotopic (exact) mass is 261 g/mol. The predicted octanol–water partition coefficient (Wildman–Crippen LogP) is -0.0651. The average molecular weight is 261 g/mol. The van der Waals surface area contributed by atoms with Crippen LogP contribution in [0.3, 0.4) is 0 Å². The van der Waals surface area contributed by atoms with Crippen LogP contribution in [0.5, 0.6) is 0 Å². The summed E-state index contributed by atoms with van der Waals surface area (Å²) in [6, 6.07) is 1.39. The number of aromatic nitrogens is 3. The number of hydrogen-bond acceptors (Lipinski definition) is 5. The molecule has 100 valence electrons. The third-order valence-corrected chi connectivity index (χ3v) is 3.62. The second-order valence-electron chi connectivity index (χ2n) is 4.74. The first-order valence-electron chi connectivity index (χ1n) is 6.09. The minimum absolute atomic E-state index is 0.262. The molecule has 19 heavy (non-hydrogen) atoms. The smallest absolute Gasteiger partial charge is 0.110 e. The molecule has 2 aromatic rings.